The molecule has 2 atom stereocenters. The SMILES string of the molecule is Cc1nc(C)c(-c2cccc(C(=O)N[C@@H]3CS(=O)(=O)C[C@H]3O)c2)s1. The Bertz CT molecular complexity index is 889. The molecule has 1 amide bonds. The number of hydrogen-bond donors (Lipinski definition) is 2. The molecule has 0 bridgehead atoms. The van der Waals surface area contributed by atoms with Crippen LogP contribution in [0.5, 0.6) is 0 Å². The molecule has 24 heavy (non-hydrogen) atoms. The number of aliphatic hydroxyl groups is 1. The second-order valence-electron chi connectivity index (χ2n) is 5.95. The van der Waals surface area contributed by atoms with E-state index in [4.69, 9.17) is 0 Å². The van der Waals surface area contributed by atoms with E-state index < -0.39 is 27.9 Å². The number of hydrogen-bond acceptors (Lipinski definition) is 6. The number of nitrogens with zero attached hydrogens (tertiary/aromatic N) is 1. The Balaban J connectivity index is 1.81. The molecule has 1 saturated heterocycles. The van der Waals surface area contributed by atoms with Crippen LogP contribution in [0.25, 0.3) is 10.4 Å². The van der Waals surface area contributed by atoms with Gasteiger partial charge in [0, 0.05) is 5.56 Å². The Kier molecular flexibility index (Phi) is 4.46. The van der Waals surface area contributed by atoms with Crippen molar-refractivity contribution in [2.45, 2.75) is 26.0 Å². The summed E-state index contributed by atoms with van der Waals surface area (Å²) in [7, 11) is -3.30. The van der Waals surface area contributed by atoms with E-state index in [0.29, 0.717) is 5.56 Å². The van der Waals surface area contributed by atoms with Crippen molar-refractivity contribution < 1.29 is 18.3 Å². The van der Waals surface area contributed by atoms with Gasteiger partial charge in [-0.15, -0.1) is 11.3 Å². The van der Waals surface area contributed by atoms with Crippen LogP contribution in [0.2, 0.25) is 0 Å². The van der Waals surface area contributed by atoms with Crippen LogP contribution >= 0.6 is 11.3 Å². The van der Waals surface area contributed by atoms with Crippen LogP contribution in [0, 0.1) is 13.8 Å². The summed E-state index contributed by atoms with van der Waals surface area (Å²) in [5.41, 5.74) is 2.23. The van der Waals surface area contributed by atoms with Gasteiger partial charge in [-0.3, -0.25) is 4.79 Å². The minimum atomic E-state index is -3.30. The van der Waals surface area contributed by atoms with Crippen LogP contribution < -0.4 is 5.32 Å². The van der Waals surface area contributed by atoms with Crippen molar-refractivity contribution >= 4 is 27.1 Å². The highest BCUT2D eigenvalue weighted by molar-refractivity contribution is 7.91. The van der Waals surface area contributed by atoms with E-state index in [-0.39, 0.29) is 11.5 Å². The van der Waals surface area contributed by atoms with Crippen molar-refractivity contribution in [3.05, 3.63) is 40.5 Å². The van der Waals surface area contributed by atoms with Gasteiger partial charge in [0.15, 0.2) is 9.84 Å². The van der Waals surface area contributed by atoms with Gasteiger partial charge in [0.2, 0.25) is 0 Å². The van der Waals surface area contributed by atoms with Gasteiger partial charge in [0.25, 0.3) is 5.91 Å². The number of nitrogens with one attached hydrogen (secondary N) is 1. The largest absolute Gasteiger partial charge is 0.390 e. The standard InChI is InChI=1S/C16H18N2O4S2/c1-9-15(23-10(2)17-9)11-4-3-5-12(6-11)16(20)18-13-7-24(21,22)8-14(13)19/h3-6,13-14,19H,7-8H2,1-2H3,(H,18,20)/t13-,14-/m1/s1. The lowest BCUT2D eigenvalue weighted by molar-refractivity contribution is 0.0889. The molecule has 2 N–H and O–H groups in total. The first-order valence-corrected chi connectivity index (χ1v) is 10.1. The zero-order chi connectivity index (χ0) is 17.5. The molecule has 0 saturated carbocycles. The Labute approximate surface area is 144 Å². The summed E-state index contributed by atoms with van der Waals surface area (Å²) >= 11 is 1.56. The molecule has 3 rings (SSSR count). The number of carbonyl (C=O) groups excluding carboxylic acids is 1. The van der Waals surface area contributed by atoms with Gasteiger partial charge in [-0.05, 0) is 31.5 Å². The van der Waals surface area contributed by atoms with Gasteiger partial charge in [-0.1, -0.05) is 12.1 Å². The molecule has 2 aromatic rings. The summed E-state index contributed by atoms with van der Waals surface area (Å²) < 4.78 is 23.1. The first-order chi connectivity index (χ1) is 11.2. The molecule has 1 aliphatic rings. The van der Waals surface area contributed by atoms with Crippen molar-refractivity contribution in [2.24, 2.45) is 0 Å². The summed E-state index contributed by atoms with van der Waals surface area (Å²) in [5.74, 6) is -0.929. The number of benzene rings is 1. The summed E-state index contributed by atoms with van der Waals surface area (Å²) in [4.78, 5) is 17.8. The van der Waals surface area contributed by atoms with E-state index >= 15 is 0 Å². The fourth-order valence-corrected chi connectivity index (χ4v) is 5.48. The van der Waals surface area contributed by atoms with Gasteiger partial charge in [-0.2, -0.15) is 0 Å². The number of aryl methyl sites for hydroxylation is 2. The Morgan fingerprint density at radius 1 is 1.33 bits per heavy atom. The molecule has 1 aromatic heterocycles. The highest BCUT2D eigenvalue weighted by atomic mass is 32.2. The van der Waals surface area contributed by atoms with E-state index in [1.165, 1.54) is 0 Å². The molecule has 128 valence electrons. The second-order valence-corrected chi connectivity index (χ2v) is 9.31. The number of rotatable bonds is 3. The predicted octanol–water partition coefficient (Wildman–Crippen LogP) is 1.31. The molecule has 1 fully saturated rings. The summed E-state index contributed by atoms with van der Waals surface area (Å²) in [6, 6.07) is 6.34. The molecule has 0 radical (unpaired) electrons. The first-order valence-electron chi connectivity index (χ1n) is 7.49. The summed E-state index contributed by atoms with van der Waals surface area (Å²) in [5, 5.41) is 13.4. The van der Waals surface area contributed by atoms with Gasteiger partial charge in [-0.25, -0.2) is 13.4 Å². The normalized spacial score (nSPS) is 22.5. The summed E-state index contributed by atoms with van der Waals surface area (Å²) in [6.45, 7) is 3.85. The average Bonchev–Trinajstić information content (AvgIpc) is 2.97. The van der Waals surface area contributed by atoms with Gasteiger partial charge in [0.05, 0.1) is 39.2 Å². The van der Waals surface area contributed by atoms with E-state index in [1.54, 1.807) is 29.5 Å². The number of sulfone groups is 1. The molecule has 6 nitrogen and oxygen atoms in total. The van der Waals surface area contributed by atoms with Crippen LogP contribution in [0.4, 0.5) is 0 Å². The number of carbonyl (C=O) groups is 1. The van der Waals surface area contributed by atoms with Crippen molar-refractivity contribution in [3.8, 4) is 10.4 Å². The lowest BCUT2D eigenvalue weighted by Gasteiger charge is -2.15. The molecule has 0 unspecified atom stereocenters. The first kappa shape index (κ1) is 17.1. The van der Waals surface area contributed by atoms with Crippen molar-refractivity contribution in [3.63, 3.8) is 0 Å². The predicted molar refractivity (Wildman–Crippen MR) is 92.9 cm³/mol. The van der Waals surface area contributed by atoms with Crippen molar-refractivity contribution in [1.82, 2.24) is 10.3 Å². The van der Waals surface area contributed by atoms with Crippen molar-refractivity contribution in [2.75, 3.05) is 11.5 Å². The third kappa shape index (κ3) is 3.50. The molecule has 2 heterocycles. The van der Waals surface area contributed by atoms with Gasteiger partial charge >= 0.3 is 0 Å². The fourth-order valence-electron chi connectivity index (χ4n) is 2.82. The quantitative estimate of drug-likeness (QED) is 0.854. The van der Waals surface area contributed by atoms with Gasteiger partial charge < -0.3 is 10.4 Å². The maximum absolute atomic E-state index is 12.4. The molecule has 8 heteroatoms. The van der Waals surface area contributed by atoms with Gasteiger partial charge in [0.1, 0.15) is 0 Å². The number of thiazole rings is 1. The molecular formula is C16H18N2O4S2. The molecule has 0 spiro atoms. The Morgan fingerprint density at radius 2 is 2.08 bits per heavy atom. The third-order valence-corrected chi connectivity index (χ3v) is 6.77. The highest BCUT2D eigenvalue weighted by Gasteiger charge is 2.37. The van der Waals surface area contributed by atoms with E-state index in [1.807, 2.05) is 19.9 Å². The van der Waals surface area contributed by atoms with Crippen LogP contribution in [0.3, 0.4) is 0 Å². The monoisotopic (exact) mass is 366 g/mol. The van der Waals surface area contributed by atoms with Crippen LogP contribution in [-0.2, 0) is 9.84 Å². The van der Waals surface area contributed by atoms with Crippen LogP contribution in [-0.4, -0.2) is 48.1 Å². The molecule has 1 aromatic carbocycles. The second kappa shape index (κ2) is 6.27. The lowest BCUT2D eigenvalue weighted by Crippen LogP contribution is -2.42. The molecular weight excluding hydrogens is 348 g/mol. The zero-order valence-electron chi connectivity index (χ0n) is 13.3. The lowest BCUT2D eigenvalue weighted by atomic mass is 10.1. The Morgan fingerprint density at radius 3 is 2.67 bits per heavy atom. The topological polar surface area (TPSA) is 96.4 Å². The van der Waals surface area contributed by atoms with E-state index in [9.17, 15) is 18.3 Å². The van der Waals surface area contributed by atoms with E-state index in [0.717, 1.165) is 21.1 Å². The fraction of sp³-hybridized carbons (Fsp3) is 0.375. The van der Waals surface area contributed by atoms with E-state index in [2.05, 4.69) is 10.3 Å². The highest BCUT2D eigenvalue weighted by Crippen LogP contribution is 2.30. The number of aliphatic hydroxyl groups excluding tert-OH is 1. The smallest absolute Gasteiger partial charge is 0.251 e. The maximum Gasteiger partial charge on any atom is 0.251 e. The van der Waals surface area contributed by atoms with Crippen molar-refractivity contribution in [1.29, 1.82) is 0 Å². The third-order valence-electron chi connectivity index (χ3n) is 3.93. The zero-order valence-corrected chi connectivity index (χ0v) is 14.9. The summed E-state index contributed by atoms with van der Waals surface area (Å²) in [6.07, 6.45) is -1.06. The van der Waals surface area contributed by atoms with Crippen LogP contribution in [0.15, 0.2) is 24.3 Å². The number of amides is 1. The van der Waals surface area contributed by atoms with Crippen LogP contribution in [0.1, 0.15) is 21.1 Å². The minimum absolute atomic E-state index is 0.229. The maximum atomic E-state index is 12.4. The molecule has 0 aliphatic carbocycles. The average molecular weight is 366 g/mol. The molecule has 1 aliphatic heterocycles. The minimum Gasteiger partial charge on any atom is -0.390 e. The Hall–Kier alpha value is -1.77. The number of aromatic nitrogens is 1.